The van der Waals surface area contributed by atoms with Gasteiger partial charge in [0.15, 0.2) is 12.2 Å². The minimum atomic E-state index is -2.27. The summed E-state index contributed by atoms with van der Waals surface area (Å²) in [4.78, 5) is 29.5. The molecule has 2 fully saturated rings. The summed E-state index contributed by atoms with van der Waals surface area (Å²) in [6.07, 6.45) is 1.71. The van der Waals surface area contributed by atoms with Crippen LogP contribution in [0.15, 0.2) is 18.2 Å². The van der Waals surface area contributed by atoms with E-state index in [0.717, 1.165) is 43.4 Å². The summed E-state index contributed by atoms with van der Waals surface area (Å²) < 4.78 is 19.0. The van der Waals surface area contributed by atoms with Gasteiger partial charge >= 0.3 is 11.9 Å². The van der Waals surface area contributed by atoms with Gasteiger partial charge in [-0.05, 0) is 50.3 Å². The third-order valence-corrected chi connectivity index (χ3v) is 5.34. The molecule has 1 amide bonds. The highest BCUT2D eigenvalue weighted by Gasteiger charge is 2.44. The molecule has 8 N–H and O–H groups in total. The number of halogens is 1. The van der Waals surface area contributed by atoms with Gasteiger partial charge in [-0.25, -0.2) is 14.0 Å². The number of ether oxygens (including phenoxy) is 1. The second kappa shape index (κ2) is 10.0. The molecule has 31 heavy (non-hydrogen) atoms. The molecule has 172 valence electrons. The van der Waals surface area contributed by atoms with Crippen LogP contribution >= 0.6 is 0 Å². The third kappa shape index (κ3) is 6.61. The van der Waals surface area contributed by atoms with E-state index >= 15 is 0 Å². The number of nitrogens with two attached hydrogens (primary N) is 2. The monoisotopic (exact) mass is 442 g/mol. The van der Waals surface area contributed by atoms with Crippen LogP contribution in [-0.4, -0.2) is 56.1 Å². The zero-order valence-electron chi connectivity index (χ0n) is 16.7. The molecule has 11 heteroatoms. The fourth-order valence-electron chi connectivity index (χ4n) is 3.20. The minimum absolute atomic E-state index is 0.0375. The number of carboxylic acids is 2. The topological polar surface area (TPSA) is 193 Å². The molecular formula is C20H27FN2O8. The van der Waals surface area contributed by atoms with Gasteiger partial charge in [0, 0.05) is 23.9 Å². The molecule has 1 heterocycles. The molecule has 10 nitrogen and oxygen atoms in total. The molecule has 3 atom stereocenters. The number of carbonyl (C=O) groups excluding carboxylic acids is 1. The van der Waals surface area contributed by atoms with E-state index in [-0.39, 0.29) is 29.3 Å². The number of aliphatic hydroxyl groups excluding tert-OH is 2. The Balaban J connectivity index is 0.000000185. The first-order valence-electron chi connectivity index (χ1n) is 9.81. The van der Waals surface area contributed by atoms with E-state index in [1.807, 2.05) is 0 Å². The number of aliphatic hydroxyl groups is 2. The van der Waals surface area contributed by atoms with Gasteiger partial charge in [0.2, 0.25) is 5.91 Å². The van der Waals surface area contributed by atoms with Crippen LogP contribution < -0.4 is 16.2 Å². The van der Waals surface area contributed by atoms with Crippen molar-refractivity contribution in [2.75, 3.05) is 0 Å². The lowest BCUT2D eigenvalue weighted by atomic mass is 9.73. The lowest BCUT2D eigenvalue weighted by molar-refractivity contribution is -0.165. The highest BCUT2D eigenvalue weighted by molar-refractivity contribution is 5.83. The molecule has 2 saturated carbocycles. The predicted molar refractivity (Wildman–Crippen MR) is 104 cm³/mol. The lowest BCUT2D eigenvalue weighted by Gasteiger charge is -2.47. The van der Waals surface area contributed by atoms with Crippen molar-refractivity contribution in [3.63, 3.8) is 0 Å². The number of amides is 1. The van der Waals surface area contributed by atoms with Gasteiger partial charge in [-0.3, -0.25) is 4.79 Å². The zero-order valence-corrected chi connectivity index (χ0v) is 16.7. The second-order valence-corrected chi connectivity index (χ2v) is 7.87. The van der Waals surface area contributed by atoms with Gasteiger partial charge in [0.05, 0.1) is 0 Å². The quantitative estimate of drug-likeness (QED) is 0.380. The van der Waals surface area contributed by atoms with Gasteiger partial charge in [0.25, 0.3) is 0 Å². The Morgan fingerprint density at radius 2 is 1.65 bits per heavy atom. The molecule has 1 aromatic carbocycles. The molecule has 4 rings (SSSR count). The van der Waals surface area contributed by atoms with Crippen molar-refractivity contribution >= 4 is 17.8 Å². The van der Waals surface area contributed by atoms with Gasteiger partial charge in [-0.2, -0.15) is 0 Å². The van der Waals surface area contributed by atoms with Crippen LogP contribution in [0, 0.1) is 11.7 Å². The molecule has 1 spiro atoms. The lowest BCUT2D eigenvalue weighted by Crippen LogP contribution is -2.48. The average Bonchev–Trinajstić information content (AvgIpc) is 3.52. The number of hydrogen-bond donors (Lipinski definition) is 6. The Labute approximate surface area is 177 Å². The molecule has 2 aliphatic carbocycles. The Hall–Kier alpha value is -2.76. The van der Waals surface area contributed by atoms with Crippen LogP contribution in [0.25, 0.3) is 0 Å². The molecule has 1 aromatic rings. The van der Waals surface area contributed by atoms with Crippen molar-refractivity contribution < 1.29 is 43.9 Å². The van der Waals surface area contributed by atoms with Gasteiger partial charge in [-0.1, -0.05) is 0 Å². The molecule has 0 unspecified atom stereocenters. The Morgan fingerprint density at radius 3 is 2.00 bits per heavy atom. The standard InChI is InChI=1S/C12H14FNO.C4H7NO.C4H6O6/c13-8-2-3-11-9(6-8)10(14)7-12(15-11)4-1-5-12;5-4(6)3-1-2-3;5-1(3(7)8)2(6)4(9)10/h2-3,6,10H,1,4-5,7,14H2;3H,1-2H2,(H2,5,6);1-2,5-6H,(H,7,8)(H,9,10)/t10-;;1-,2-/m0.1/s1. The van der Waals surface area contributed by atoms with Gasteiger partial charge in [-0.15, -0.1) is 0 Å². The molecule has 0 aromatic heterocycles. The van der Waals surface area contributed by atoms with Crippen molar-refractivity contribution in [1.29, 1.82) is 0 Å². The molecule has 1 aliphatic heterocycles. The first-order chi connectivity index (χ1) is 14.5. The van der Waals surface area contributed by atoms with E-state index in [1.54, 1.807) is 6.07 Å². The van der Waals surface area contributed by atoms with E-state index < -0.39 is 24.1 Å². The van der Waals surface area contributed by atoms with E-state index in [4.69, 9.17) is 36.6 Å². The highest BCUT2D eigenvalue weighted by Crippen LogP contribution is 2.48. The van der Waals surface area contributed by atoms with E-state index in [0.29, 0.717) is 0 Å². The van der Waals surface area contributed by atoms with Crippen LogP contribution in [0.4, 0.5) is 4.39 Å². The predicted octanol–water partition coefficient (Wildman–Crippen LogP) is 0.290. The van der Waals surface area contributed by atoms with Crippen LogP contribution in [0.1, 0.15) is 50.1 Å². The third-order valence-electron chi connectivity index (χ3n) is 5.34. The number of primary amides is 1. The van der Waals surface area contributed by atoms with Crippen LogP contribution in [0.2, 0.25) is 0 Å². The van der Waals surface area contributed by atoms with Crippen molar-refractivity contribution in [1.82, 2.24) is 0 Å². The first-order valence-corrected chi connectivity index (χ1v) is 9.81. The number of hydrogen-bond acceptors (Lipinski definition) is 7. The van der Waals surface area contributed by atoms with Crippen LogP contribution in [-0.2, 0) is 14.4 Å². The Morgan fingerprint density at radius 1 is 1.10 bits per heavy atom. The smallest absolute Gasteiger partial charge is 0.335 e. The Bertz CT molecular complexity index is 807. The summed E-state index contributed by atoms with van der Waals surface area (Å²) in [5.41, 5.74) is 11.7. The molecule has 0 radical (unpaired) electrons. The molecular weight excluding hydrogens is 415 g/mol. The summed E-state index contributed by atoms with van der Waals surface area (Å²) in [5, 5.41) is 32.5. The fraction of sp³-hybridized carbons (Fsp3) is 0.550. The fourth-order valence-corrected chi connectivity index (χ4v) is 3.20. The summed E-state index contributed by atoms with van der Waals surface area (Å²) in [5.74, 6) is -2.89. The van der Waals surface area contributed by atoms with Gasteiger partial charge in [0.1, 0.15) is 17.2 Å². The molecule has 3 aliphatic rings. The maximum absolute atomic E-state index is 13.0. The second-order valence-electron chi connectivity index (χ2n) is 7.87. The maximum Gasteiger partial charge on any atom is 0.335 e. The van der Waals surface area contributed by atoms with E-state index in [9.17, 15) is 18.8 Å². The SMILES string of the molecule is NC(=O)C1CC1.N[C@H]1CC2(CCC2)Oc2ccc(F)cc21.O=C(O)[C@H](O)[C@@H](O)C(=O)O. The normalized spacial score (nSPS) is 22.0. The summed E-state index contributed by atoms with van der Waals surface area (Å²) in [6, 6.07) is 4.54. The van der Waals surface area contributed by atoms with E-state index in [2.05, 4.69) is 0 Å². The number of aliphatic carboxylic acids is 2. The van der Waals surface area contributed by atoms with Crippen molar-refractivity contribution in [2.45, 2.75) is 62.4 Å². The zero-order chi connectivity index (χ0) is 23.3. The first kappa shape index (κ1) is 24.5. The summed E-state index contributed by atoms with van der Waals surface area (Å²) in [7, 11) is 0. The minimum Gasteiger partial charge on any atom is -0.487 e. The number of fused-ring (bicyclic) bond motifs is 1. The summed E-state index contributed by atoms with van der Waals surface area (Å²) >= 11 is 0. The Kier molecular flexibility index (Phi) is 7.93. The highest BCUT2D eigenvalue weighted by atomic mass is 19.1. The average molecular weight is 442 g/mol. The molecule has 0 saturated heterocycles. The van der Waals surface area contributed by atoms with Gasteiger partial charge < -0.3 is 36.6 Å². The number of carboxylic acid groups (broad SMARTS) is 2. The van der Waals surface area contributed by atoms with Crippen molar-refractivity contribution in [3.05, 3.63) is 29.6 Å². The van der Waals surface area contributed by atoms with Crippen molar-refractivity contribution in [2.24, 2.45) is 17.4 Å². The van der Waals surface area contributed by atoms with E-state index in [1.165, 1.54) is 18.6 Å². The number of rotatable bonds is 4. The molecule has 0 bridgehead atoms. The number of carbonyl (C=O) groups is 3. The van der Waals surface area contributed by atoms with Crippen LogP contribution in [0.3, 0.4) is 0 Å². The van der Waals surface area contributed by atoms with Crippen molar-refractivity contribution in [3.8, 4) is 5.75 Å². The van der Waals surface area contributed by atoms with Crippen LogP contribution in [0.5, 0.6) is 5.75 Å². The largest absolute Gasteiger partial charge is 0.487 e. The summed E-state index contributed by atoms with van der Waals surface area (Å²) in [6.45, 7) is 0. The maximum atomic E-state index is 13.0. The number of benzene rings is 1.